The normalized spacial score (nSPS) is 15.0. The molecule has 0 N–H and O–H groups in total. The minimum Gasteiger partial charge on any atom is -0.311 e. The Kier molecular flexibility index (Phi) is 17.6. The van der Waals surface area contributed by atoms with E-state index in [0.717, 1.165) is 50.8 Å². The van der Waals surface area contributed by atoms with Gasteiger partial charge in [-0.1, -0.05) is 279 Å². The van der Waals surface area contributed by atoms with Gasteiger partial charge in [-0.3, -0.25) is 0 Å². The third-order valence-corrected chi connectivity index (χ3v) is 23.0. The Morgan fingerprint density at radius 2 is 0.602 bits per heavy atom. The minimum atomic E-state index is -0.126. The third-order valence-electron chi connectivity index (χ3n) is 23.0. The number of aromatic nitrogens is 2. The molecule has 0 atom stereocenters. The molecular formula is C98H99BN4. The van der Waals surface area contributed by atoms with Gasteiger partial charge in [-0.25, -0.2) is 9.97 Å². The molecule has 0 saturated heterocycles. The largest absolute Gasteiger partial charge is 0.311 e. The van der Waals surface area contributed by atoms with E-state index in [1.807, 2.05) is 0 Å². The molecule has 514 valence electrons. The Bertz CT molecular complexity index is 4650. The van der Waals surface area contributed by atoms with Crippen LogP contribution >= 0.6 is 0 Å². The number of hydrogen-bond acceptors (Lipinski definition) is 4. The van der Waals surface area contributed by atoms with E-state index in [0.29, 0.717) is 17.7 Å². The predicted molar refractivity (Wildman–Crippen MR) is 441 cm³/mol. The second kappa shape index (κ2) is 26.8. The lowest BCUT2D eigenvalue weighted by atomic mass is 9.33. The predicted octanol–water partition coefficient (Wildman–Crippen LogP) is 25.5. The van der Waals surface area contributed by atoms with Gasteiger partial charge in [0.1, 0.15) is 0 Å². The molecule has 4 nitrogen and oxygen atoms in total. The average molecular weight is 1340 g/mol. The maximum atomic E-state index is 6.05. The smallest absolute Gasteiger partial charge is 0.252 e. The fraction of sp³-hybridized carbons (Fsp3) is 0.286. The molecule has 2 saturated carbocycles. The lowest BCUT2D eigenvalue weighted by Crippen LogP contribution is -2.61. The van der Waals surface area contributed by atoms with E-state index in [2.05, 4.69) is 342 Å². The van der Waals surface area contributed by atoms with Gasteiger partial charge < -0.3 is 9.80 Å². The summed E-state index contributed by atoms with van der Waals surface area (Å²) in [7, 11) is 0. The molecule has 0 spiro atoms. The van der Waals surface area contributed by atoms with E-state index in [-0.39, 0.29) is 28.4 Å². The van der Waals surface area contributed by atoms with Crippen molar-refractivity contribution in [3.05, 3.63) is 282 Å². The molecule has 0 amide bonds. The molecular weight excluding hydrogens is 1240 g/mol. The summed E-state index contributed by atoms with van der Waals surface area (Å²) in [6.45, 7) is 28.0. The Labute approximate surface area is 614 Å². The van der Waals surface area contributed by atoms with Crippen LogP contribution in [0.25, 0.3) is 78.4 Å². The van der Waals surface area contributed by atoms with E-state index < -0.39 is 0 Å². The fourth-order valence-corrected chi connectivity index (χ4v) is 16.9. The topological polar surface area (TPSA) is 32.3 Å². The molecule has 16 rings (SSSR count). The molecule has 0 unspecified atom stereocenters. The number of fused-ring (bicyclic) bond motifs is 4. The van der Waals surface area contributed by atoms with Gasteiger partial charge in [-0.15, -0.1) is 0 Å². The van der Waals surface area contributed by atoms with Gasteiger partial charge in [0.2, 0.25) is 0 Å². The molecule has 0 radical (unpaired) electrons. The Morgan fingerprint density at radius 3 is 0.913 bits per heavy atom. The SMILES string of the molecule is CC(C)(C)c1cc(-c2cc(-c3cc(C(C)(C)C)cc(C(C)(C)C)c3)nc(-c3cc4c5c(c3)N(c3cc(-c6ccccc6)cc(-c6ccccc6)c3)c3cc(C6CCCCC6)ccc3B5c3ccc(C5CCCCC5)cc3N4c3cc(-c4ccccc4)cc(-c4ccccc4)c3)n2)cc(C(C)(C)C)c1. The maximum absolute atomic E-state index is 6.05. The highest BCUT2D eigenvalue weighted by Gasteiger charge is 2.45. The molecule has 4 aliphatic rings. The lowest BCUT2D eigenvalue weighted by molar-refractivity contribution is 0.444. The van der Waals surface area contributed by atoms with Gasteiger partial charge in [-0.05, 0) is 244 Å². The molecule has 0 bridgehead atoms. The number of benzene rings is 11. The number of nitrogens with zero attached hydrogens (tertiary/aromatic N) is 4. The Morgan fingerprint density at radius 1 is 0.282 bits per heavy atom. The van der Waals surface area contributed by atoms with Crippen molar-refractivity contribution in [2.75, 3.05) is 9.80 Å². The zero-order chi connectivity index (χ0) is 71.1. The molecule has 3 heterocycles. The highest BCUT2D eigenvalue weighted by Crippen LogP contribution is 2.51. The van der Waals surface area contributed by atoms with Crippen molar-refractivity contribution in [2.24, 2.45) is 0 Å². The summed E-state index contributed by atoms with van der Waals surface area (Å²) in [6, 6.07) is 96.1. The van der Waals surface area contributed by atoms with Gasteiger partial charge in [0.25, 0.3) is 6.71 Å². The summed E-state index contributed by atoms with van der Waals surface area (Å²) in [5.41, 5.74) is 32.7. The summed E-state index contributed by atoms with van der Waals surface area (Å²) >= 11 is 0. The zero-order valence-electron chi connectivity index (χ0n) is 62.8. The van der Waals surface area contributed by atoms with Crippen LogP contribution in [0.1, 0.15) is 193 Å². The van der Waals surface area contributed by atoms with Crippen LogP contribution in [-0.4, -0.2) is 16.7 Å². The van der Waals surface area contributed by atoms with Crippen LogP contribution in [0.3, 0.4) is 0 Å². The van der Waals surface area contributed by atoms with Crippen molar-refractivity contribution in [3.63, 3.8) is 0 Å². The minimum absolute atomic E-state index is 0.121. The van der Waals surface area contributed by atoms with Crippen LogP contribution in [0.5, 0.6) is 0 Å². The van der Waals surface area contributed by atoms with E-state index in [9.17, 15) is 0 Å². The molecule has 2 aliphatic heterocycles. The third kappa shape index (κ3) is 13.4. The zero-order valence-corrected chi connectivity index (χ0v) is 62.8. The quantitative estimate of drug-likeness (QED) is 0.121. The van der Waals surface area contributed by atoms with E-state index in [4.69, 9.17) is 9.97 Å². The molecule has 2 aliphatic carbocycles. The van der Waals surface area contributed by atoms with Crippen LogP contribution in [0.15, 0.2) is 249 Å². The summed E-state index contributed by atoms with van der Waals surface area (Å²) in [4.78, 5) is 17.5. The second-order valence-corrected chi connectivity index (χ2v) is 34.4. The van der Waals surface area contributed by atoms with Crippen LogP contribution in [0, 0.1) is 0 Å². The molecule has 12 aromatic rings. The highest BCUT2D eigenvalue weighted by atomic mass is 15.2. The van der Waals surface area contributed by atoms with Crippen molar-refractivity contribution in [2.45, 2.75) is 181 Å². The van der Waals surface area contributed by atoms with E-state index >= 15 is 0 Å². The highest BCUT2D eigenvalue weighted by molar-refractivity contribution is 7.00. The van der Waals surface area contributed by atoms with Crippen LogP contribution < -0.4 is 26.2 Å². The van der Waals surface area contributed by atoms with Gasteiger partial charge in [0, 0.05) is 50.8 Å². The van der Waals surface area contributed by atoms with Gasteiger partial charge in [0.15, 0.2) is 5.82 Å². The molecule has 103 heavy (non-hydrogen) atoms. The van der Waals surface area contributed by atoms with Gasteiger partial charge in [0.05, 0.1) is 11.4 Å². The van der Waals surface area contributed by atoms with Gasteiger partial charge in [-0.2, -0.15) is 0 Å². The average Bonchev–Trinajstić information content (AvgIpc) is 0.693. The summed E-state index contributed by atoms with van der Waals surface area (Å²) in [5, 5.41) is 0. The standard InChI is InChI=1S/C98H99BN4/c1-95(2,3)79-49-76(50-80(61-79)96(4,5)6)87-63-88(77-51-81(97(7,8)9)62-82(52-77)98(10,11)12)101-94(100-87)78-59-91-93-92(60-78)103(84-55-74(68-39-27-17-28-40-68)48-75(56-84)69-41-29-18-30-42-69)90-58-71(65-33-21-14-22-34-65)44-46-86(90)99(93)85-45-43-70(64-31-19-13-20-32-64)57-89(85)102(91)83-53-72(66-35-23-15-24-36-66)47-73(54-83)67-37-25-16-26-38-67/h15-18,23-30,35-65H,13-14,19-22,31-34H2,1-12H3. The number of rotatable bonds is 11. The Balaban J connectivity index is 1.06. The maximum Gasteiger partial charge on any atom is 0.252 e. The van der Waals surface area contributed by atoms with E-state index in [1.165, 1.54) is 170 Å². The first-order valence-corrected chi connectivity index (χ1v) is 38.3. The first-order chi connectivity index (χ1) is 49.5. The van der Waals surface area contributed by atoms with Crippen molar-refractivity contribution >= 4 is 57.2 Å². The van der Waals surface area contributed by atoms with Crippen LogP contribution in [-0.2, 0) is 21.7 Å². The second-order valence-electron chi connectivity index (χ2n) is 34.4. The molecule has 5 heteroatoms. The monoisotopic (exact) mass is 1340 g/mol. The van der Waals surface area contributed by atoms with Crippen LogP contribution in [0.2, 0.25) is 0 Å². The first kappa shape index (κ1) is 67.6. The van der Waals surface area contributed by atoms with Crippen molar-refractivity contribution in [3.8, 4) is 78.4 Å². The number of anilines is 6. The lowest BCUT2D eigenvalue weighted by Gasteiger charge is -2.45. The summed E-state index contributed by atoms with van der Waals surface area (Å²) in [6.07, 6.45) is 12.4. The number of hydrogen-bond donors (Lipinski definition) is 0. The molecule has 11 aromatic carbocycles. The fourth-order valence-electron chi connectivity index (χ4n) is 16.9. The van der Waals surface area contributed by atoms with Gasteiger partial charge >= 0.3 is 0 Å². The van der Waals surface area contributed by atoms with Crippen molar-refractivity contribution < 1.29 is 0 Å². The Hall–Kier alpha value is -9.84. The van der Waals surface area contributed by atoms with Crippen molar-refractivity contribution in [1.82, 2.24) is 9.97 Å². The molecule has 1 aromatic heterocycles. The van der Waals surface area contributed by atoms with Crippen LogP contribution in [0.4, 0.5) is 34.1 Å². The van der Waals surface area contributed by atoms with E-state index in [1.54, 1.807) is 0 Å². The summed E-state index contributed by atoms with van der Waals surface area (Å²) < 4.78 is 0. The molecule has 2 fully saturated rings. The van der Waals surface area contributed by atoms with Crippen molar-refractivity contribution in [1.29, 1.82) is 0 Å². The first-order valence-electron chi connectivity index (χ1n) is 38.3. The summed E-state index contributed by atoms with van der Waals surface area (Å²) in [5.74, 6) is 1.64.